The van der Waals surface area contributed by atoms with Crippen molar-refractivity contribution in [1.29, 1.82) is 0 Å². The number of nitrogens with zero attached hydrogens (tertiary/aromatic N) is 5. The van der Waals surface area contributed by atoms with Gasteiger partial charge in [0.1, 0.15) is 36.3 Å². The van der Waals surface area contributed by atoms with Crippen LogP contribution in [0.3, 0.4) is 0 Å². The summed E-state index contributed by atoms with van der Waals surface area (Å²) in [6, 6.07) is 8.37. The molecule has 0 spiro atoms. The predicted molar refractivity (Wildman–Crippen MR) is 142 cm³/mol. The van der Waals surface area contributed by atoms with E-state index in [0.29, 0.717) is 39.2 Å². The van der Waals surface area contributed by atoms with Crippen molar-refractivity contribution in [3.63, 3.8) is 0 Å². The predicted octanol–water partition coefficient (Wildman–Crippen LogP) is 4.99. The summed E-state index contributed by atoms with van der Waals surface area (Å²) in [7, 11) is 1.58. The van der Waals surface area contributed by atoms with Gasteiger partial charge in [-0.25, -0.2) is 18.4 Å². The average Bonchev–Trinajstić information content (AvgIpc) is 3.34. The second-order valence-electron chi connectivity index (χ2n) is 9.60. The Morgan fingerprint density at radius 3 is 2.67 bits per heavy atom. The summed E-state index contributed by atoms with van der Waals surface area (Å²) < 4.78 is 35.8. The lowest BCUT2D eigenvalue weighted by molar-refractivity contribution is -0.155. The largest absolute Gasteiger partial charge is 0.487 e. The number of hydrogen-bond acceptors (Lipinski definition) is 5. The highest BCUT2D eigenvalue weighted by Crippen LogP contribution is 2.34. The Balaban J connectivity index is 1.50. The molecule has 1 aliphatic heterocycles. The molecular formula is C28H26ClF2N5O3. The number of rotatable bonds is 6. The standard InChI is InChI=1S/C28H26ClF2N5O3/c1-15-8-24(36-12-19(31)11-32-36)20-6-5-7-25(27(20)33-15)39-14-22-21(9-18(30)10-23(22)29)16(2)35-13-26(37)34(4)17(3)28(35)38/h5-12,16-17H,13-14H2,1-4H3/t16-,17-/m0/s1. The summed E-state index contributed by atoms with van der Waals surface area (Å²) in [5.74, 6) is -1.05. The van der Waals surface area contributed by atoms with Gasteiger partial charge in [0, 0.05) is 23.7 Å². The van der Waals surface area contributed by atoms with Crippen molar-refractivity contribution in [1.82, 2.24) is 24.6 Å². The van der Waals surface area contributed by atoms with Crippen LogP contribution in [0.4, 0.5) is 8.78 Å². The number of pyridine rings is 1. The van der Waals surface area contributed by atoms with E-state index in [9.17, 15) is 18.4 Å². The minimum absolute atomic E-state index is 0.0509. The molecule has 0 unspecified atom stereocenters. The van der Waals surface area contributed by atoms with E-state index >= 15 is 0 Å². The second kappa shape index (κ2) is 10.3. The van der Waals surface area contributed by atoms with E-state index in [1.165, 1.54) is 32.8 Å². The van der Waals surface area contributed by atoms with Crippen LogP contribution in [0, 0.1) is 18.6 Å². The third kappa shape index (κ3) is 4.92. The Morgan fingerprint density at radius 1 is 1.18 bits per heavy atom. The fourth-order valence-electron chi connectivity index (χ4n) is 4.82. The molecule has 0 radical (unpaired) electrons. The van der Waals surface area contributed by atoms with Crippen molar-refractivity contribution in [2.75, 3.05) is 13.6 Å². The van der Waals surface area contributed by atoms with Gasteiger partial charge in [-0.15, -0.1) is 0 Å². The number of aromatic nitrogens is 3. The first-order valence-corrected chi connectivity index (χ1v) is 12.7. The normalized spacial score (nSPS) is 16.7. The van der Waals surface area contributed by atoms with Crippen molar-refractivity contribution in [2.45, 2.75) is 39.5 Å². The molecule has 2 atom stereocenters. The summed E-state index contributed by atoms with van der Waals surface area (Å²) in [6.07, 6.45) is 2.40. The quantitative estimate of drug-likeness (QED) is 0.336. The van der Waals surface area contributed by atoms with Gasteiger partial charge in [0.05, 0.1) is 29.1 Å². The van der Waals surface area contributed by atoms with E-state index in [-0.39, 0.29) is 30.0 Å². The number of ether oxygens (including phenoxy) is 1. The maximum Gasteiger partial charge on any atom is 0.246 e. The molecule has 0 bridgehead atoms. The molecule has 3 heterocycles. The Labute approximate surface area is 228 Å². The van der Waals surface area contributed by atoms with Crippen molar-refractivity contribution in [3.05, 3.63) is 82.3 Å². The molecule has 1 saturated heterocycles. The van der Waals surface area contributed by atoms with Crippen molar-refractivity contribution < 1.29 is 23.1 Å². The molecule has 202 valence electrons. The molecule has 0 N–H and O–H groups in total. The fourth-order valence-corrected chi connectivity index (χ4v) is 5.09. The molecule has 1 aliphatic rings. The zero-order valence-corrected chi connectivity index (χ0v) is 22.5. The van der Waals surface area contributed by atoms with Gasteiger partial charge in [0.25, 0.3) is 0 Å². The SMILES string of the molecule is Cc1cc(-n2cc(F)cn2)c2cccc(OCc3c(Cl)cc(F)cc3[C@H](C)N3CC(=O)N(C)[C@@H](C)C3=O)c2n1. The highest BCUT2D eigenvalue weighted by molar-refractivity contribution is 6.31. The fraction of sp³-hybridized carbons (Fsp3) is 0.286. The number of aryl methyl sites for hydroxylation is 1. The maximum absolute atomic E-state index is 14.5. The minimum atomic E-state index is -0.640. The molecule has 4 aromatic rings. The highest BCUT2D eigenvalue weighted by atomic mass is 35.5. The van der Waals surface area contributed by atoms with E-state index in [2.05, 4.69) is 10.1 Å². The van der Waals surface area contributed by atoms with E-state index < -0.39 is 23.7 Å². The lowest BCUT2D eigenvalue weighted by Gasteiger charge is -2.40. The molecule has 2 aromatic heterocycles. The van der Waals surface area contributed by atoms with Crippen LogP contribution in [0.2, 0.25) is 5.02 Å². The van der Waals surface area contributed by atoms with Crippen LogP contribution < -0.4 is 4.74 Å². The Kier molecular flexibility index (Phi) is 6.98. The molecule has 2 aromatic carbocycles. The van der Waals surface area contributed by atoms with Gasteiger partial charge in [-0.1, -0.05) is 23.7 Å². The Morgan fingerprint density at radius 2 is 1.95 bits per heavy atom. The van der Waals surface area contributed by atoms with Crippen molar-refractivity contribution in [3.8, 4) is 11.4 Å². The van der Waals surface area contributed by atoms with Gasteiger partial charge in [0.15, 0.2) is 5.82 Å². The summed E-state index contributed by atoms with van der Waals surface area (Å²) in [5.41, 5.74) is 2.76. The van der Waals surface area contributed by atoms with Crippen molar-refractivity contribution >= 4 is 34.3 Å². The zero-order valence-electron chi connectivity index (χ0n) is 21.8. The number of benzene rings is 2. The summed E-state index contributed by atoms with van der Waals surface area (Å²) in [6.45, 7) is 5.02. The Bertz CT molecular complexity index is 1610. The van der Waals surface area contributed by atoms with Gasteiger partial charge in [-0.05, 0) is 50.6 Å². The summed E-state index contributed by atoms with van der Waals surface area (Å²) in [4.78, 5) is 33.0. The smallest absolute Gasteiger partial charge is 0.246 e. The van der Waals surface area contributed by atoms with Gasteiger partial charge < -0.3 is 14.5 Å². The highest BCUT2D eigenvalue weighted by Gasteiger charge is 2.37. The molecule has 39 heavy (non-hydrogen) atoms. The van der Waals surface area contributed by atoms with E-state index in [4.69, 9.17) is 16.3 Å². The van der Waals surface area contributed by atoms with Gasteiger partial charge in [-0.2, -0.15) is 5.10 Å². The topological polar surface area (TPSA) is 80.6 Å². The van der Waals surface area contributed by atoms with Crippen LogP contribution in [-0.2, 0) is 16.2 Å². The van der Waals surface area contributed by atoms with Gasteiger partial charge in [-0.3, -0.25) is 9.59 Å². The van der Waals surface area contributed by atoms with E-state index in [1.807, 2.05) is 13.0 Å². The monoisotopic (exact) mass is 553 g/mol. The molecule has 11 heteroatoms. The molecule has 1 fully saturated rings. The van der Waals surface area contributed by atoms with Gasteiger partial charge >= 0.3 is 0 Å². The second-order valence-corrected chi connectivity index (χ2v) is 10.0. The first-order valence-electron chi connectivity index (χ1n) is 12.3. The van der Waals surface area contributed by atoms with Crippen LogP contribution in [0.25, 0.3) is 16.6 Å². The molecule has 2 amide bonds. The number of halogens is 3. The summed E-state index contributed by atoms with van der Waals surface area (Å²) >= 11 is 6.49. The molecule has 5 rings (SSSR count). The third-order valence-corrected chi connectivity index (χ3v) is 7.45. The molecule has 8 nitrogen and oxygen atoms in total. The lowest BCUT2D eigenvalue weighted by Crippen LogP contribution is -2.57. The number of carbonyl (C=O) groups excluding carboxylic acids is 2. The first-order chi connectivity index (χ1) is 18.5. The van der Waals surface area contributed by atoms with E-state index in [0.717, 1.165) is 6.20 Å². The average molecular weight is 554 g/mol. The number of amides is 2. The zero-order chi connectivity index (χ0) is 28.0. The van der Waals surface area contributed by atoms with Crippen LogP contribution in [-0.4, -0.2) is 56.0 Å². The third-order valence-electron chi connectivity index (χ3n) is 7.11. The molecule has 0 saturated carbocycles. The molecular weight excluding hydrogens is 528 g/mol. The lowest BCUT2D eigenvalue weighted by atomic mass is 9.98. The van der Waals surface area contributed by atoms with Gasteiger partial charge in [0.2, 0.25) is 11.8 Å². The van der Waals surface area contributed by atoms with Crippen molar-refractivity contribution in [2.24, 2.45) is 0 Å². The number of para-hydroxylation sites is 1. The van der Waals surface area contributed by atoms with Crippen LogP contribution in [0.1, 0.15) is 36.7 Å². The number of piperazine rings is 1. The van der Waals surface area contributed by atoms with E-state index in [1.54, 1.807) is 39.1 Å². The number of hydrogen-bond donors (Lipinski definition) is 0. The van der Waals surface area contributed by atoms with Crippen LogP contribution in [0.5, 0.6) is 5.75 Å². The minimum Gasteiger partial charge on any atom is -0.487 e. The summed E-state index contributed by atoms with van der Waals surface area (Å²) in [5, 5.41) is 4.90. The number of fused-ring (bicyclic) bond motifs is 1. The van der Waals surface area contributed by atoms with Crippen LogP contribution >= 0.6 is 11.6 Å². The molecule has 0 aliphatic carbocycles. The maximum atomic E-state index is 14.5. The van der Waals surface area contributed by atoms with Crippen LogP contribution in [0.15, 0.2) is 48.8 Å². The first kappa shape index (κ1) is 26.6. The number of carbonyl (C=O) groups is 2. The Hall–Kier alpha value is -4.05. The number of likely N-dealkylation sites (N-methyl/N-ethyl adjacent to an activating group) is 1.